The Bertz CT molecular complexity index is 1010. The first-order valence-electron chi connectivity index (χ1n) is 8.38. The van der Waals surface area contributed by atoms with Crippen LogP contribution in [-0.4, -0.2) is 45.9 Å². The molecule has 0 saturated heterocycles. The summed E-state index contributed by atoms with van der Waals surface area (Å²) in [7, 11) is 0. The van der Waals surface area contributed by atoms with Crippen molar-refractivity contribution in [1.82, 2.24) is 15.2 Å². The number of hydrogen-bond donors (Lipinski definition) is 3. The third-order valence-corrected chi connectivity index (χ3v) is 4.85. The van der Waals surface area contributed by atoms with Gasteiger partial charge in [-0.15, -0.1) is 11.3 Å². The third-order valence-electron chi connectivity index (χ3n) is 3.99. The first-order chi connectivity index (χ1) is 12.9. The molecule has 0 bridgehead atoms. The monoisotopic (exact) mass is 389 g/mol. The third kappa shape index (κ3) is 4.20. The molecular weight excluding hydrogens is 370 g/mol. The van der Waals surface area contributed by atoms with Crippen molar-refractivity contribution in [2.45, 2.75) is 19.9 Å². The Hall–Kier alpha value is -3.07. The Morgan fingerprint density at radius 2 is 2.15 bits per heavy atom. The van der Waals surface area contributed by atoms with Gasteiger partial charge in [-0.1, -0.05) is 0 Å². The smallest absolute Gasteiger partial charge is 0.340 e. The lowest BCUT2D eigenvalue weighted by molar-refractivity contribution is 0.0730. The van der Waals surface area contributed by atoms with Crippen LogP contribution in [0.2, 0.25) is 0 Å². The molecule has 0 fully saturated rings. The molecule has 0 aliphatic rings. The number of fused-ring (bicyclic) bond motifs is 1. The van der Waals surface area contributed by atoms with Crippen LogP contribution in [0.3, 0.4) is 0 Å². The second-order valence-electron chi connectivity index (χ2n) is 6.10. The van der Waals surface area contributed by atoms with Crippen LogP contribution in [-0.2, 0) is 0 Å². The van der Waals surface area contributed by atoms with Gasteiger partial charge in [0, 0.05) is 25.2 Å². The zero-order chi connectivity index (χ0) is 19.6. The minimum absolute atomic E-state index is 0.161. The lowest BCUT2D eigenvalue weighted by Gasteiger charge is -2.24. The fourth-order valence-electron chi connectivity index (χ4n) is 2.74. The van der Waals surface area contributed by atoms with Crippen molar-refractivity contribution in [3.63, 3.8) is 0 Å². The first-order valence-corrected chi connectivity index (χ1v) is 9.26. The minimum Gasteiger partial charge on any atom is -0.508 e. The molecule has 0 aromatic carbocycles. The van der Waals surface area contributed by atoms with E-state index < -0.39 is 17.6 Å². The molecule has 1 unspecified atom stereocenters. The van der Waals surface area contributed by atoms with Crippen molar-refractivity contribution in [2.75, 3.05) is 13.1 Å². The molecule has 0 spiro atoms. The van der Waals surface area contributed by atoms with Gasteiger partial charge in [0.05, 0.1) is 16.3 Å². The Kier molecular flexibility index (Phi) is 5.31. The molecule has 1 atom stereocenters. The summed E-state index contributed by atoms with van der Waals surface area (Å²) in [5.74, 6) is -1.43. The number of hydrogen-bond acceptors (Lipinski definition) is 6. The number of nitrogens with zero attached hydrogens (tertiary/aromatic N) is 1. The topological polar surface area (TPSA) is 116 Å². The van der Waals surface area contributed by atoms with Gasteiger partial charge in [-0.2, -0.15) is 0 Å². The largest absolute Gasteiger partial charge is 0.508 e. The molecule has 3 rings (SSSR count). The van der Waals surface area contributed by atoms with Gasteiger partial charge in [-0.05, 0) is 31.4 Å². The van der Waals surface area contributed by atoms with Gasteiger partial charge < -0.3 is 24.7 Å². The van der Waals surface area contributed by atoms with Crippen molar-refractivity contribution in [3.8, 4) is 5.75 Å². The SMILES string of the molecule is CCN(CC(C)NC(=O)c1cc(O)cc(=O)o1)C(=O)c1cc2sccc2[nH]1. The summed E-state index contributed by atoms with van der Waals surface area (Å²) in [5, 5.41) is 14.0. The lowest BCUT2D eigenvalue weighted by Crippen LogP contribution is -2.44. The van der Waals surface area contributed by atoms with Gasteiger partial charge in [0.25, 0.3) is 11.8 Å². The van der Waals surface area contributed by atoms with Crippen molar-refractivity contribution in [2.24, 2.45) is 0 Å². The molecule has 0 radical (unpaired) electrons. The molecule has 142 valence electrons. The molecule has 9 heteroatoms. The van der Waals surface area contributed by atoms with Crippen molar-refractivity contribution in [1.29, 1.82) is 0 Å². The van der Waals surface area contributed by atoms with Gasteiger partial charge in [-0.25, -0.2) is 4.79 Å². The molecule has 3 N–H and O–H groups in total. The molecule has 3 aromatic heterocycles. The molecule has 8 nitrogen and oxygen atoms in total. The van der Waals surface area contributed by atoms with Crippen LogP contribution in [0, 0.1) is 0 Å². The van der Waals surface area contributed by atoms with Crippen molar-refractivity contribution < 1.29 is 19.1 Å². The summed E-state index contributed by atoms with van der Waals surface area (Å²) in [6.45, 7) is 4.33. The summed E-state index contributed by atoms with van der Waals surface area (Å²) in [5.41, 5.74) is 0.598. The van der Waals surface area contributed by atoms with Crippen LogP contribution in [0.5, 0.6) is 5.75 Å². The second kappa shape index (κ2) is 7.67. The second-order valence-corrected chi connectivity index (χ2v) is 7.05. The highest BCUT2D eigenvalue weighted by molar-refractivity contribution is 7.17. The van der Waals surface area contributed by atoms with Crippen LogP contribution in [0.4, 0.5) is 0 Å². The number of aromatic hydroxyl groups is 1. The predicted molar refractivity (Wildman–Crippen MR) is 101 cm³/mol. The van der Waals surface area contributed by atoms with Gasteiger partial charge in [0.1, 0.15) is 11.4 Å². The quantitative estimate of drug-likeness (QED) is 0.598. The molecule has 0 aliphatic carbocycles. The number of nitrogens with one attached hydrogen (secondary N) is 2. The number of aromatic amines is 1. The highest BCUT2D eigenvalue weighted by Crippen LogP contribution is 2.22. The van der Waals surface area contributed by atoms with E-state index in [9.17, 15) is 19.5 Å². The fourth-order valence-corrected chi connectivity index (χ4v) is 3.52. The maximum absolute atomic E-state index is 12.7. The number of H-pyrrole nitrogens is 1. The lowest BCUT2D eigenvalue weighted by atomic mass is 10.2. The molecule has 0 saturated carbocycles. The molecule has 27 heavy (non-hydrogen) atoms. The molecular formula is C18H19N3O5S. The standard InChI is InChI=1S/C18H19N3O5S/c1-3-21(18(25)13-8-15-12(20-13)4-5-27-15)9-10(2)19-17(24)14-6-11(22)7-16(23)26-14/h4-8,10,20,22H,3,9H2,1-2H3,(H,19,24). The molecule has 2 amide bonds. The zero-order valence-electron chi connectivity index (χ0n) is 14.8. The zero-order valence-corrected chi connectivity index (χ0v) is 15.6. The molecule has 3 aromatic rings. The van der Waals surface area contributed by atoms with Crippen LogP contribution in [0.15, 0.2) is 38.9 Å². The van der Waals surface area contributed by atoms with E-state index in [0.717, 1.165) is 22.3 Å². The maximum Gasteiger partial charge on any atom is 0.340 e. The molecule has 3 heterocycles. The predicted octanol–water partition coefficient (Wildman–Crippen LogP) is 2.17. The van der Waals surface area contributed by atoms with E-state index in [1.807, 2.05) is 24.4 Å². The van der Waals surface area contributed by atoms with Crippen LogP contribution in [0.25, 0.3) is 10.2 Å². The summed E-state index contributed by atoms with van der Waals surface area (Å²) >= 11 is 1.55. The summed E-state index contributed by atoms with van der Waals surface area (Å²) in [6, 6.07) is 5.27. The number of rotatable bonds is 6. The average Bonchev–Trinajstić information content (AvgIpc) is 3.20. The van der Waals surface area contributed by atoms with E-state index in [0.29, 0.717) is 12.2 Å². The summed E-state index contributed by atoms with van der Waals surface area (Å²) in [4.78, 5) is 40.9. The van der Waals surface area contributed by atoms with E-state index in [4.69, 9.17) is 4.42 Å². The normalized spacial score (nSPS) is 12.1. The highest BCUT2D eigenvalue weighted by atomic mass is 32.1. The Labute approximate surface area is 158 Å². The highest BCUT2D eigenvalue weighted by Gasteiger charge is 2.21. The Morgan fingerprint density at radius 1 is 1.37 bits per heavy atom. The van der Waals surface area contributed by atoms with Crippen molar-refractivity contribution >= 4 is 33.4 Å². The van der Waals surface area contributed by atoms with Gasteiger partial charge in [-0.3, -0.25) is 9.59 Å². The number of carbonyl (C=O) groups is 2. The number of aromatic nitrogens is 1. The number of carbonyl (C=O) groups excluding carboxylic acids is 2. The maximum atomic E-state index is 12.7. The van der Waals surface area contributed by atoms with E-state index in [1.165, 1.54) is 0 Å². The van der Waals surface area contributed by atoms with E-state index in [2.05, 4.69) is 10.3 Å². The van der Waals surface area contributed by atoms with E-state index >= 15 is 0 Å². The minimum atomic E-state index is -0.815. The van der Waals surface area contributed by atoms with Gasteiger partial charge >= 0.3 is 5.63 Å². The fraction of sp³-hybridized carbons (Fsp3) is 0.278. The van der Waals surface area contributed by atoms with Crippen LogP contribution in [0.1, 0.15) is 34.9 Å². The summed E-state index contributed by atoms with van der Waals surface area (Å²) in [6.07, 6.45) is 0. The Morgan fingerprint density at radius 3 is 2.81 bits per heavy atom. The number of thiophene rings is 1. The average molecular weight is 389 g/mol. The van der Waals surface area contributed by atoms with E-state index in [1.54, 1.807) is 23.2 Å². The summed E-state index contributed by atoms with van der Waals surface area (Å²) < 4.78 is 5.79. The number of amides is 2. The van der Waals surface area contributed by atoms with Crippen LogP contribution >= 0.6 is 11.3 Å². The van der Waals surface area contributed by atoms with Gasteiger partial charge in [0.2, 0.25) is 0 Å². The van der Waals surface area contributed by atoms with E-state index in [-0.39, 0.29) is 24.0 Å². The van der Waals surface area contributed by atoms with Gasteiger partial charge in [0.15, 0.2) is 5.76 Å². The number of likely N-dealkylation sites (N-methyl/N-ethyl adjacent to an activating group) is 1. The van der Waals surface area contributed by atoms with Crippen LogP contribution < -0.4 is 10.9 Å². The molecule has 0 aliphatic heterocycles. The Balaban J connectivity index is 1.66. The van der Waals surface area contributed by atoms with Crippen molar-refractivity contribution in [3.05, 3.63) is 51.5 Å². The first kappa shape index (κ1) is 18.7.